The van der Waals surface area contributed by atoms with Crippen LogP contribution in [-0.4, -0.2) is 39.0 Å². The number of amides is 1. The van der Waals surface area contributed by atoms with Gasteiger partial charge in [-0.25, -0.2) is 9.59 Å². The minimum atomic E-state index is -1.31. The molecule has 2 aromatic rings. The van der Waals surface area contributed by atoms with E-state index in [-0.39, 0.29) is 12.2 Å². The van der Waals surface area contributed by atoms with Crippen LogP contribution in [0.3, 0.4) is 0 Å². The zero-order valence-corrected chi connectivity index (χ0v) is 15.4. The first-order chi connectivity index (χ1) is 12.1. The fraction of sp³-hybridized carbons (Fsp3) is 0.412. The van der Waals surface area contributed by atoms with Gasteiger partial charge in [0.05, 0.1) is 0 Å². The van der Waals surface area contributed by atoms with Crippen LogP contribution in [0.1, 0.15) is 42.8 Å². The quantitative estimate of drug-likeness (QED) is 0.789. The molecule has 0 saturated carbocycles. The molecule has 0 aliphatic heterocycles. The number of ether oxygens (including phenoxy) is 1. The predicted octanol–water partition coefficient (Wildman–Crippen LogP) is 3.10. The molecule has 0 fully saturated rings. The Kier molecular flexibility index (Phi) is 6.20. The van der Waals surface area contributed by atoms with Crippen LogP contribution >= 0.6 is 11.6 Å². The van der Waals surface area contributed by atoms with E-state index in [1.807, 2.05) is 12.1 Å². The molecule has 0 radical (unpaired) electrons. The highest BCUT2D eigenvalue weighted by atomic mass is 35.5. The van der Waals surface area contributed by atoms with Crippen molar-refractivity contribution < 1.29 is 24.0 Å². The van der Waals surface area contributed by atoms with E-state index in [0.29, 0.717) is 11.4 Å². The zero-order chi connectivity index (χ0) is 19.3. The van der Waals surface area contributed by atoms with Crippen molar-refractivity contribution in [2.75, 3.05) is 0 Å². The molecular weight excluding hydrogens is 362 g/mol. The topological polar surface area (TPSA) is 115 Å². The van der Waals surface area contributed by atoms with Crippen molar-refractivity contribution in [2.24, 2.45) is 0 Å². The highest BCUT2D eigenvalue weighted by Crippen LogP contribution is 2.14. The lowest BCUT2D eigenvalue weighted by atomic mass is 10.0. The molecular formula is C17H20ClN3O5. The second kappa shape index (κ2) is 8.18. The number of benzene rings is 1. The number of alkyl carbamates (subject to hydrolysis) is 1. The van der Waals surface area contributed by atoms with Crippen LogP contribution in [0.2, 0.25) is 5.02 Å². The molecule has 2 rings (SSSR count). The average Bonchev–Trinajstić information content (AvgIpc) is 2.96. The summed E-state index contributed by atoms with van der Waals surface area (Å²) in [6.07, 6.45) is 0.0462. The summed E-state index contributed by atoms with van der Waals surface area (Å²) < 4.78 is 9.93. The van der Waals surface area contributed by atoms with E-state index in [9.17, 15) is 9.59 Å². The SMILES string of the molecule is CC(C)(C)OC(=O)NC(Cc1ccc(Cl)cc1)Cc1noc(C(=O)O)n1. The molecule has 8 nitrogen and oxygen atoms in total. The smallest absolute Gasteiger partial charge is 0.407 e. The Balaban J connectivity index is 2.12. The number of carbonyl (C=O) groups is 2. The van der Waals surface area contributed by atoms with E-state index < -0.39 is 29.6 Å². The molecule has 140 valence electrons. The first-order valence-electron chi connectivity index (χ1n) is 7.92. The van der Waals surface area contributed by atoms with Gasteiger partial charge in [-0.2, -0.15) is 4.98 Å². The van der Waals surface area contributed by atoms with Gasteiger partial charge in [-0.05, 0) is 44.9 Å². The summed E-state index contributed by atoms with van der Waals surface area (Å²) in [5.74, 6) is -1.63. The molecule has 2 N–H and O–H groups in total. The Hall–Kier alpha value is -2.61. The number of rotatable bonds is 6. The Bertz CT molecular complexity index is 767. The lowest BCUT2D eigenvalue weighted by Gasteiger charge is -2.23. The van der Waals surface area contributed by atoms with Gasteiger partial charge in [-0.3, -0.25) is 0 Å². The van der Waals surface area contributed by atoms with Crippen molar-refractivity contribution in [1.82, 2.24) is 15.5 Å². The van der Waals surface area contributed by atoms with E-state index in [1.54, 1.807) is 32.9 Å². The van der Waals surface area contributed by atoms with Crippen LogP contribution in [0.25, 0.3) is 0 Å². The number of carboxylic acid groups (broad SMARTS) is 1. The minimum Gasteiger partial charge on any atom is -0.474 e. The maximum Gasteiger partial charge on any atom is 0.407 e. The highest BCUT2D eigenvalue weighted by Gasteiger charge is 2.22. The molecule has 0 bridgehead atoms. The molecule has 1 unspecified atom stereocenters. The van der Waals surface area contributed by atoms with Gasteiger partial charge in [-0.1, -0.05) is 28.9 Å². The largest absolute Gasteiger partial charge is 0.474 e. The van der Waals surface area contributed by atoms with Crippen LogP contribution < -0.4 is 5.32 Å². The number of nitrogens with zero attached hydrogens (tertiary/aromatic N) is 2. The second-order valence-corrected chi connectivity index (χ2v) is 7.14. The third-order valence-corrected chi connectivity index (χ3v) is 3.45. The molecule has 9 heteroatoms. The number of carboxylic acids is 1. The second-order valence-electron chi connectivity index (χ2n) is 6.70. The summed E-state index contributed by atoms with van der Waals surface area (Å²) >= 11 is 5.89. The number of hydrogen-bond donors (Lipinski definition) is 2. The Morgan fingerprint density at radius 1 is 1.27 bits per heavy atom. The van der Waals surface area contributed by atoms with E-state index in [4.69, 9.17) is 21.4 Å². The third-order valence-electron chi connectivity index (χ3n) is 3.20. The maximum atomic E-state index is 12.1. The molecule has 1 atom stereocenters. The van der Waals surface area contributed by atoms with Crippen LogP contribution in [0, 0.1) is 0 Å². The van der Waals surface area contributed by atoms with Gasteiger partial charge >= 0.3 is 18.0 Å². The summed E-state index contributed by atoms with van der Waals surface area (Å²) in [5.41, 5.74) is 0.287. The average molecular weight is 382 g/mol. The van der Waals surface area contributed by atoms with Crippen LogP contribution in [0.15, 0.2) is 28.8 Å². The van der Waals surface area contributed by atoms with Crippen molar-refractivity contribution in [1.29, 1.82) is 0 Å². The van der Waals surface area contributed by atoms with Crippen molar-refractivity contribution in [3.8, 4) is 0 Å². The minimum absolute atomic E-state index is 0.178. The molecule has 0 saturated heterocycles. The summed E-state index contributed by atoms with van der Waals surface area (Å²) in [6, 6.07) is 6.75. The molecule has 1 aromatic heterocycles. The number of halogens is 1. The summed E-state index contributed by atoms with van der Waals surface area (Å²) in [5, 5.41) is 15.9. The van der Waals surface area contributed by atoms with Crippen molar-refractivity contribution in [3.63, 3.8) is 0 Å². The van der Waals surface area contributed by atoms with Crippen LogP contribution in [0.4, 0.5) is 4.79 Å². The molecule has 1 aromatic carbocycles. The first kappa shape index (κ1) is 19.7. The number of hydrogen-bond acceptors (Lipinski definition) is 6. The molecule has 1 heterocycles. The predicted molar refractivity (Wildman–Crippen MR) is 93.3 cm³/mol. The third kappa shape index (κ3) is 6.36. The number of aromatic nitrogens is 2. The van der Waals surface area contributed by atoms with Crippen LogP contribution in [0.5, 0.6) is 0 Å². The standard InChI is InChI=1S/C17H20ClN3O5/c1-17(2,3)25-16(24)19-12(8-10-4-6-11(18)7-5-10)9-13-20-14(15(22)23)26-21-13/h4-7,12H,8-9H2,1-3H3,(H,19,24)(H,22,23). The van der Waals surface area contributed by atoms with Gasteiger partial charge in [0, 0.05) is 17.5 Å². The van der Waals surface area contributed by atoms with Gasteiger partial charge in [-0.15, -0.1) is 0 Å². The zero-order valence-electron chi connectivity index (χ0n) is 14.7. The summed E-state index contributed by atoms with van der Waals surface area (Å²) in [6.45, 7) is 5.29. The number of carbonyl (C=O) groups excluding carboxylic acids is 1. The highest BCUT2D eigenvalue weighted by molar-refractivity contribution is 6.30. The monoisotopic (exact) mass is 381 g/mol. The van der Waals surface area contributed by atoms with E-state index in [2.05, 4.69) is 20.0 Å². The fourth-order valence-electron chi connectivity index (χ4n) is 2.20. The van der Waals surface area contributed by atoms with Gasteiger partial charge in [0.1, 0.15) is 5.60 Å². The fourth-order valence-corrected chi connectivity index (χ4v) is 2.32. The molecule has 0 aliphatic carbocycles. The summed E-state index contributed by atoms with van der Waals surface area (Å²) in [7, 11) is 0. The lowest BCUT2D eigenvalue weighted by molar-refractivity contribution is 0.0502. The molecule has 0 spiro atoms. The molecule has 0 aliphatic rings. The van der Waals surface area contributed by atoms with E-state index in [1.165, 1.54) is 0 Å². The van der Waals surface area contributed by atoms with Gasteiger partial charge in [0.25, 0.3) is 0 Å². The van der Waals surface area contributed by atoms with Gasteiger partial charge in [0.15, 0.2) is 5.82 Å². The number of nitrogens with one attached hydrogen (secondary N) is 1. The van der Waals surface area contributed by atoms with Crippen LogP contribution in [-0.2, 0) is 17.6 Å². The normalized spacial score (nSPS) is 12.5. The number of aromatic carboxylic acids is 1. The first-order valence-corrected chi connectivity index (χ1v) is 8.30. The van der Waals surface area contributed by atoms with Gasteiger partial charge < -0.3 is 19.7 Å². The van der Waals surface area contributed by atoms with E-state index in [0.717, 1.165) is 5.56 Å². The Morgan fingerprint density at radius 2 is 1.92 bits per heavy atom. The lowest BCUT2D eigenvalue weighted by Crippen LogP contribution is -2.41. The van der Waals surface area contributed by atoms with Gasteiger partial charge in [0.2, 0.25) is 0 Å². The Labute approximate surface area is 155 Å². The maximum absolute atomic E-state index is 12.1. The molecule has 1 amide bonds. The summed E-state index contributed by atoms with van der Waals surface area (Å²) in [4.78, 5) is 26.8. The van der Waals surface area contributed by atoms with Crippen molar-refractivity contribution in [3.05, 3.63) is 46.6 Å². The van der Waals surface area contributed by atoms with Crippen molar-refractivity contribution in [2.45, 2.75) is 45.3 Å². The Morgan fingerprint density at radius 3 is 2.46 bits per heavy atom. The molecule has 26 heavy (non-hydrogen) atoms. The van der Waals surface area contributed by atoms with E-state index >= 15 is 0 Å². The van der Waals surface area contributed by atoms with Crippen molar-refractivity contribution >= 4 is 23.7 Å².